The van der Waals surface area contributed by atoms with E-state index in [1.54, 1.807) is 0 Å². The number of nitrogens with zero attached hydrogens (tertiary/aromatic N) is 4. The van der Waals surface area contributed by atoms with Crippen molar-refractivity contribution in [3.8, 4) is 0 Å². The number of sulfonamides is 1. The third-order valence-electron chi connectivity index (χ3n) is 4.04. The fourth-order valence-electron chi connectivity index (χ4n) is 2.59. The molecule has 2 heterocycles. The number of nitrogens with one attached hydrogen (secondary N) is 1. The second-order valence-electron chi connectivity index (χ2n) is 5.74. The van der Waals surface area contributed by atoms with E-state index in [0.717, 1.165) is 4.57 Å². The fraction of sp³-hybridized carbons (Fsp3) is 0.214. The molecule has 0 fully saturated rings. The Morgan fingerprint density at radius 1 is 1.15 bits per heavy atom. The van der Waals surface area contributed by atoms with Gasteiger partial charge in [0, 0.05) is 26.2 Å². The maximum Gasteiger partial charge on any atom is 0.332 e. The summed E-state index contributed by atoms with van der Waals surface area (Å²) >= 11 is 0. The van der Waals surface area contributed by atoms with E-state index in [1.165, 1.54) is 53.8 Å². The Bertz CT molecular complexity index is 1210. The molecule has 0 bridgehead atoms. The Morgan fingerprint density at radius 3 is 2.35 bits per heavy atom. The van der Waals surface area contributed by atoms with Gasteiger partial charge in [-0.3, -0.25) is 18.5 Å². The number of hydroxylamine groups is 1. The van der Waals surface area contributed by atoms with Gasteiger partial charge < -0.3 is 10.3 Å². The van der Waals surface area contributed by atoms with Crippen LogP contribution in [0.4, 0.5) is 5.69 Å². The molecule has 0 amide bonds. The highest BCUT2D eigenvalue weighted by Gasteiger charge is 2.16. The summed E-state index contributed by atoms with van der Waals surface area (Å²) in [6, 6.07) is 5.15. The molecule has 2 aromatic heterocycles. The minimum atomic E-state index is -3.85. The summed E-state index contributed by atoms with van der Waals surface area (Å²) in [5, 5.41) is 17.1. The molecule has 0 spiro atoms. The van der Waals surface area contributed by atoms with Gasteiger partial charge in [0.15, 0.2) is 17.8 Å². The van der Waals surface area contributed by atoms with Crippen LogP contribution in [0.25, 0.3) is 11.2 Å². The summed E-state index contributed by atoms with van der Waals surface area (Å²) in [5.74, 6) is 0. The first kappa shape index (κ1) is 18.0. The van der Waals surface area contributed by atoms with E-state index in [4.69, 9.17) is 5.14 Å². The van der Waals surface area contributed by atoms with Crippen molar-refractivity contribution in [1.82, 2.24) is 18.7 Å². The van der Waals surface area contributed by atoms with Crippen molar-refractivity contribution >= 4 is 26.9 Å². The van der Waals surface area contributed by atoms with Crippen molar-refractivity contribution < 1.29 is 13.5 Å². The van der Waals surface area contributed by atoms with E-state index >= 15 is 0 Å². The van der Waals surface area contributed by atoms with Gasteiger partial charge in [-0.2, -0.15) is 0 Å². The van der Waals surface area contributed by atoms with Gasteiger partial charge in [-0.15, -0.1) is 0 Å². The van der Waals surface area contributed by atoms with Crippen LogP contribution in [0.5, 0.6) is 0 Å². The molecule has 0 aliphatic carbocycles. The smallest absolute Gasteiger partial charge is 0.332 e. The van der Waals surface area contributed by atoms with Crippen molar-refractivity contribution in [2.24, 2.45) is 19.2 Å². The van der Waals surface area contributed by atoms with E-state index < -0.39 is 21.3 Å². The molecule has 1 unspecified atom stereocenters. The largest absolute Gasteiger partial charge is 0.628 e. The number of aromatic nitrogens is 4. The van der Waals surface area contributed by atoms with Crippen molar-refractivity contribution in [3.63, 3.8) is 0 Å². The van der Waals surface area contributed by atoms with E-state index in [-0.39, 0.29) is 33.5 Å². The van der Waals surface area contributed by atoms with Gasteiger partial charge in [0.2, 0.25) is 10.0 Å². The molecule has 3 N–H and O–H groups in total. The van der Waals surface area contributed by atoms with E-state index in [0.29, 0.717) is 0 Å². The lowest BCUT2D eigenvalue weighted by molar-refractivity contribution is -0.802. The van der Waals surface area contributed by atoms with Crippen LogP contribution in [0, 0.1) is 5.21 Å². The molecule has 1 aromatic carbocycles. The number of quaternary nitrogens is 1. The number of hydrogen-bond acceptors (Lipinski definition) is 6. The Balaban J connectivity index is 1.99. The maximum atomic E-state index is 12.5. The van der Waals surface area contributed by atoms with Crippen molar-refractivity contribution in [2.45, 2.75) is 11.6 Å². The number of primary sulfonamides is 1. The van der Waals surface area contributed by atoms with Crippen LogP contribution < -0.4 is 21.5 Å². The van der Waals surface area contributed by atoms with Crippen LogP contribution in [-0.2, 0) is 30.8 Å². The number of rotatable bonds is 4. The lowest BCUT2D eigenvalue weighted by Gasteiger charge is -2.22. The monoisotopic (exact) mass is 380 g/mol. The summed E-state index contributed by atoms with van der Waals surface area (Å²) in [4.78, 5) is 28.2. The Morgan fingerprint density at radius 2 is 1.77 bits per heavy atom. The van der Waals surface area contributed by atoms with Gasteiger partial charge in [0.1, 0.15) is 12.0 Å². The first-order valence-electron chi connectivity index (χ1n) is 7.38. The van der Waals surface area contributed by atoms with E-state index in [1.807, 2.05) is 0 Å². The average molecular weight is 380 g/mol. The van der Waals surface area contributed by atoms with Crippen molar-refractivity contribution in [1.29, 1.82) is 0 Å². The van der Waals surface area contributed by atoms with Crippen LogP contribution in [-0.4, -0.2) is 27.1 Å². The standard InChI is InChI=1S/C14H16N6O5S/c1-17-12-11(13(21)18(2)14(17)22)19(7-16-12)8-20(23)9-3-5-10(6-4-9)26(15,24)25/h3-7,20H,8H2,1-2H3,(H2,15,24,25). The molecule has 138 valence electrons. The van der Waals surface area contributed by atoms with E-state index in [9.17, 15) is 23.2 Å². The zero-order valence-corrected chi connectivity index (χ0v) is 14.7. The fourth-order valence-corrected chi connectivity index (χ4v) is 3.11. The molecule has 0 saturated heterocycles. The molecule has 3 aromatic rings. The maximum absolute atomic E-state index is 12.5. The molecule has 3 rings (SSSR count). The number of benzene rings is 1. The first-order valence-corrected chi connectivity index (χ1v) is 8.93. The number of hydrogen-bond donors (Lipinski definition) is 2. The zero-order valence-electron chi connectivity index (χ0n) is 13.9. The molecule has 1 atom stereocenters. The molecule has 0 aliphatic heterocycles. The second-order valence-corrected chi connectivity index (χ2v) is 7.30. The lowest BCUT2D eigenvalue weighted by atomic mass is 10.3. The van der Waals surface area contributed by atoms with Gasteiger partial charge in [0.05, 0.1) is 4.90 Å². The van der Waals surface area contributed by atoms with Crippen LogP contribution >= 0.6 is 0 Å². The molecule has 26 heavy (non-hydrogen) atoms. The van der Waals surface area contributed by atoms with Gasteiger partial charge in [-0.05, 0) is 12.1 Å². The molecule has 11 nitrogen and oxygen atoms in total. The van der Waals surface area contributed by atoms with Crippen molar-refractivity contribution in [2.75, 3.05) is 0 Å². The SMILES string of the molecule is Cn1c(=O)c2c(ncn2C[NH+]([O-])c2ccc(S(N)(=O)=O)cc2)n(C)c1=O. The van der Waals surface area contributed by atoms with Gasteiger partial charge in [-0.25, -0.2) is 23.3 Å². The third kappa shape index (κ3) is 2.94. The normalized spacial score (nSPS) is 13.2. The highest BCUT2D eigenvalue weighted by molar-refractivity contribution is 7.89. The second kappa shape index (κ2) is 6.17. The van der Waals surface area contributed by atoms with Crippen LogP contribution in [0.1, 0.15) is 0 Å². The summed E-state index contributed by atoms with van der Waals surface area (Å²) in [5.41, 5.74) is -0.517. The highest BCUT2D eigenvalue weighted by atomic mass is 32.2. The summed E-state index contributed by atoms with van der Waals surface area (Å²) in [7, 11) is -1.02. The van der Waals surface area contributed by atoms with Gasteiger partial charge in [-0.1, -0.05) is 0 Å². The number of nitrogens with two attached hydrogens (primary N) is 1. The predicted molar refractivity (Wildman–Crippen MR) is 92.0 cm³/mol. The van der Waals surface area contributed by atoms with E-state index in [2.05, 4.69) is 4.98 Å². The predicted octanol–water partition coefficient (Wildman–Crippen LogP) is -2.25. The topological polar surface area (TPSA) is 149 Å². The molecular weight excluding hydrogens is 364 g/mol. The van der Waals surface area contributed by atoms with Crippen LogP contribution in [0.15, 0.2) is 45.1 Å². The number of fused-ring (bicyclic) bond motifs is 1. The average Bonchev–Trinajstić information content (AvgIpc) is 3.01. The summed E-state index contributed by atoms with van der Waals surface area (Å²) in [6.07, 6.45) is 1.31. The Kier molecular flexibility index (Phi) is 4.28. The van der Waals surface area contributed by atoms with Crippen LogP contribution in [0.2, 0.25) is 0 Å². The highest BCUT2D eigenvalue weighted by Crippen LogP contribution is 2.10. The van der Waals surface area contributed by atoms with Crippen LogP contribution in [0.3, 0.4) is 0 Å². The molecule has 0 saturated carbocycles. The third-order valence-corrected chi connectivity index (χ3v) is 4.97. The Labute approximate surface area is 147 Å². The molecule has 0 aliphatic rings. The summed E-state index contributed by atoms with van der Waals surface area (Å²) < 4.78 is 26.0. The molecular formula is C14H16N6O5S. The molecule has 0 radical (unpaired) electrons. The zero-order chi connectivity index (χ0) is 19.2. The summed E-state index contributed by atoms with van der Waals surface area (Å²) in [6.45, 7) is -0.196. The van der Waals surface area contributed by atoms with Crippen molar-refractivity contribution in [3.05, 3.63) is 56.6 Å². The minimum Gasteiger partial charge on any atom is -0.628 e. The van der Waals surface area contributed by atoms with Gasteiger partial charge >= 0.3 is 5.69 Å². The van der Waals surface area contributed by atoms with Gasteiger partial charge in [0.25, 0.3) is 5.56 Å². The number of imidazole rings is 1. The molecule has 12 heteroatoms. The lowest BCUT2D eigenvalue weighted by Crippen LogP contribution is -3.01. The minimum absolute atomic E-state index is 0.106. The quantitative estimate of drug-likeness (QED) is 0.488. The number of aryl methyl sites for hydroxylation is 1. The first-order chi connectivity index (χ1) is 12.1. The Hall–Kier alpha value is -2.80.